The molecule has 1 aliphatic heterocycles. The van der Waals surface area contributed by atoms with Crippen molar-refractivity contribution in [1.29, 1.82) is 0 Å². The molecule has 4 heteroatoms. The van der Waals surface area contributed by atoms with Crippen LogP contribution in [0.5, 0.6) is 0 Å². The summed E-state index contributed by atoms with van der Waals surface area (Å²) < 4.78 is 32.4. The average Bonchev–Trinajstić information content (AvgIpc) is 2.51. The molecule has 0 radical (unpaired) electrons. The van der Waals surface area contributed by atoms with Gasteiger partial charge in [0.15, 0.2) is 0 Å². The highest BCUT2D eigenvalue weighted by atomic mass is 19.1. The third kappa shape index (κ3) is 3.28. The van der Waals surface area contributed by atoms with Gasteiger partial charge in [0.25, 0.3) is 0 Å². The van der Waals surface area contributed by atoms with Crippen molar-refractivity contribution < 1.29 is 13.5 Å². The van der Waals surface area contributed by atoms with Gasteiger partial charge in [0, 0.05) is 18.7 Å². The van der Waals surface area contributed by atoms with E-state index in [2.05, 4.69) is 17.4 Å². The molecular formula is C17H17F2NO. The Balaban J connectivity index is 1.63. The Kier molecular flexibility index (Phi) is 4.27. The normalized spacial score (nSPS) is 17.5. The Bertz CT molecular complexity index is 630. The summed E-state index contributed by atoms with van der Waals surface area (Å²) in [4.78, 5) is 0. The van der Waals surface area contributed by atoms with Crippen LogP contribution >= 0.6 is 0 Å². The predicted octanol–water partition coefficient (Wildman–Crippen LogP) is 3.37. The Hall–Kier alpha value is -1.78. The third-order valence-corrected chi connectivity index (χ3v) is 3.75. The van der Waals surface area contributed by atoms with Gasteiger partial charge in [-0.1, -0.05) is 24.3 Å². The second-order valence-electron chi connectivity index (χ2n) is 5.17. The fourth-order valence-corrected chi connectivity index (χ4v) is 2.66. The van der Waals surface area contributed by atoms with Crippen molar-refractivity contribution in [2.75, 3.05) is 13.2 Å². The largest absolute Gasteiger partial charge is 0.372 e. The number of fused-ring (bicyclic) bond motifs is 1. The molecule has 2 aromatic carbocycles. The third-order valence-electron chi connectivity index (χ3n) is 3.75. The van der Waals surface area contributed by atoms with Gasteiger partial charge in [0.05, 0.1) is 12.7 Å². The van der Waals surface area contributed by atoms with Crippen molar-refractivity contribution in [3.8, 4) is 0 Å². The van der Waals surface area contributed by atoms with E-state index in [-0.39, 0.29) is 12.6 Å². The number of halogens is 2. The zero-order chi connectivity index (χ0) is 14.7. The second kappa shape index (κ2) is 6.33. The molecule has 0 saturated heterocycles. The van der Waals surface area contributed by atoms with Crippen LogP contribution in [0.25, 0.3) is 0 Å². The standard InChI is InChI=1S/C17H17F2NO/c18-14-5-6-16(19)13(9-14)10-20-11-17-15-4-2-1-3-12(15)7-8-21-17/h1-6,9,17,20H,7-8,10-11H2. The fraction of sp³-hybridized carbons (Fsp3) is 0.294. The Morgan fingerprint density at radius 3 is 2.90 bits per heavy atom. The summed E-state index contributed by atoms with van der Waals surface area (Å²) >= 11 is 0. The van der Waals surface area contributed by atoms with Crippen LogP contribution in [0.1, 0.15) is 22.8 Å². The number of rotatable bonds is 4. The van der Waals surface area contributed by atoms with E-state index in [9.17, 15) is 8.78 Å². The molecule has 0 amide bonds. The maximum Gasteiger partial charge on any atom is 0.127 e. The lowest BCUT2D eigenvalue weighted by Crippen LogP contribution is -2.27. The van der Waals surface area contributed by atoms with Gasteiger partial charge >= 0.3 is 0 Å². The maximum absolute atomic E-state index is 13.5. The first kappa shape index (κ1) is 14.2. The number of nitrogens with one attached hydrogen (secondary N) is 1. The van der Waals surface area contributed by atoms with Gasteiger partial charge in [0.1, 0.15) is 11.6 Å². The van der Waals surface area contributed by atoms with Gasteiger partial charge in [-0.15, -0.1) is 0 Å². The fourth-order valence-electron chi connectivity index (χ4n) is 2.66. The molecule has 1 unspecified atom stereocenters. The first-order valence-electron chi connectivity index (χ1n) is 7.08. The molecule has 2 nitrogen and oxygen atoms in total. The number of hydrogen-bond donors (Lipinski definition) is 1. The van der Waals surface area contributed by atoms with E-state index in [0.29, 0.717) is 18.7 Å². The Morgan fingerprint density at radius 1 is 1.14 bits per heavy atom. The molecule has 1 heterocycles. The zero-order valence-electron chi connectivity index (χ0n) is 11.6. The molecule has 3 rings (SSSR count). The van der Waals surface area contributed by atoms with E-state index in [1.54, 1.807) is 0 Å². The summed E-state index contributed by atoms with van der Waals surface area (Å²) in [6.07, 6.45) is 0.886. The van der Waals surface area contributed by atoms with Crippen LogP contribution in [-0.2, 0) is 17.7 Å². The van der Waals surface area contributed by atoms with Crippen LogP contribution < -0.4 is 5.32 Å². The lowest BCUT2D eigenvalue weighted by atomic mass is 9.97. The number of benzene rings is 2. The minimum Gasteiger partial charge on any atom is -0.372 e. The minimum atomic E-state index is -0.424. The summed E-state index contributed by atoms with van der Waals surface area (Å²) in [6.45, 7) is 1.55. The van der Waals surface area contributed by atoms with Crippen molar-refractivity contribution in [2.45, 2.75) is 19.1 Å². The molecule has 0 saturated carbocycles. The smallest absolute Gasteiger partial charge is 0.127 e. The monoisotopic (exact) mass is 289 g/mol. The van der Waals surface area contributed by atoms with Gasteiger partial charge in [0.2, 0.25) is 0 Å². The van der Waals surface area contributed by atoms with Gasteiger partial charge in [-0.3, -0.25) is 0 Å². The van der Waals surface area contributed by atoms with Crippen LogP contribution in [0.2, 0.25) is 0 Å². The highest BCUT2D eigenvalue weighted by Gasteiger charge is 2.19. The van der Waals surface area contributed by atoms with Crippen molar-refractivity contribution in [1.82, 2.24) is 5.32 Å². The van der Waals surface area contributed by atoms with E-state index in [0.717, 1.165) is 18.6 Å². The van der Waals surface area contributed by atoms with Crippen LogP contribution in [0.15, 0.2) is 42.5 Å². The first-order valence-corrected chi connectivity index (χ1v) is 7.08. The van der Waals surface area contributed by atoms with Gasteiger partial charge in [-0.25, -0.2) is 8.78 Å². The molecule has 0 fully saturated rings. The molecular weight excluding hydrogens is 272 g/mol. The quantitative estimate of drug-likeness (QED) is 0.932. The molecule has 1 atom stereocenters. The van der Waals surface area contributed by atoms with Crippen molar-refractivity contribution in [3.63, 3.8) is 0 Å². The van der Waals surface area contributed by atoms with E-state index in [1.165, 1.54) is 17.2 Å². The molecule has 0 aliphatic carbocycles. The summed E-state index contributed by atoms with van der Waals surface area (Å²) in [5, 5.41) is 3.15. The van der Waals surface area contributed by atoms with Crippen LogP contribution in [-0.4, -0.2) is 13.2 Å². The van der Waals surface area contributed by atoms with E-state index < -0.39 is 11.6 Å². The lowest BCUT2D eigenvalue weighted by Gasteiger charge is -2.26. The van der Waals surface area contributed by atoms with E-state index >= 15 is 0 Å². The van der Waals surface area contributed by atoms with E-state index in [1.807, 2.05) is 12.1 Å². The molecule has 21 heavy (non-hydrogen) atoms. The predicted molar refractivity (Wildman–Crippen MR) is 76.9 cm³/mol. The van der Waals surface area contributed by atoms with E-state index in [4.69, 9.17) is 4.74 Å². The van der Waals surface area contributed by atoms with Crippen molar-refractivity contribution in [3.05, 3.63) is 70.8 Å². The number of hydrogen-bond acceptors (Lipinski definition) is 2. The Morgan fingerprint density at radius 2 is 2.00 bits per heavy atom. The van der Waals surface area contributed by atoms with Crippen molar-refractivity contribution in [2.24, 2.45) is 0 Å². The summed E-state index contributed by atoms with van der Waals surface area (Å²) in [6, 6.07) is 11.7. The van der Waals surface area contributed by atoms with Crippen LogP contribution in [0.4, 0.5) is 8.78 Å². The average molecular weight is 289 g/mol. The SMILES string of the molecule is Fc1ccc(F)c(CNCC2OCCc3ccccc32)c1. The molecule has 0 aromatic heterocycles. The van der Waals surface area contributed by atoms with Gasteiger partial charge < -0.3 is 10.1 Å². The second-order valence-corrected chi connectivity index (χ2v) is 5.17. The minimum absolute atomic E-state index is 0.0356. The van der Waals surface area contributed by atoms with Gasteiger partial charge in [-0.2, -0.15) is 0 Å². The highest BCUT2D eigenvalue weighted by Crippen LogP contribution is 2.26. The lowest BCUT2D eigenvalue weighted by molar-refractivity contribution is 0.0423. The summed E-state index contributed by atoms with van der Waals surface area (Å²) in [5.41, 5.74) is 2.81. The summed E-state index contributed by atoms with van der Waals surface area (Å²) in [5.74, 6) is -0.818. The highest BCUT2D eigenvalue weighted by molar-refractivity contribution is 5.31. The van der Waals surface area contributed by atoms with Gasteiger partial charge in [-0.05, 0) is 35.7 Å². The topological polar surface area (TPSA) is 21.3 Å². The maximum atomic E-state index is 13.5. The number of ether oxygens (including phenoxy) is 1. The van der Waals surface area contributed by atoms with Crippen LogP contribution in [0.3, 0.4) is 0 Å². The molecule has 0 spiro atoms. The molecule has 1 aliphatic rings. The van der Waals surface area contributed by atoms with Crippen molar-refractivity contribution >= 4 is 0 Å². The Labute approximate surface area is 122 Å². The first-order chi connectivity index (χ1) is 10.2. The molecule has 1 N–H and O–H groups in total. The molecule has 110 valence electrons. The summed E-state index contributed by atoms with van der Waals surface area (Å²) in [7, 11) is 0. The zero-order valence-corrected chi connectivity index (χ0v) is 11.6. The molecule has 0 bridgehead atoms. The van der Waals surface area contributed by atoms with Crippen LogP contribution in [0, 0.1) is 11.6 Å². The molecule has 2 aromatic rings.